The molecule has 0 amide bonds. The molecule has 0 saturated heterocycles. The van der Waals surface area contributed by atoms with Gasteiger partial charge in [-0.15, -0.1) is 0 Å². The van der Waals surface area contributed by atoms with Crippen LogP contribution in [0.2, 0.25) is 103 Å². The number of nitrogens with one attached hydrogen (secondary N) is 2. The van der Waals surface area contributed by atoms with Gasteiger partial charge in [-0.3, -0.25) is 14.9 Å². The van der Waals surface area contributed by atoms with E-state index in [-0.39, 0.29) is 17.2 Å². The molecule has 21 nitrogen and oxygen atoms in total. The number of imidazole rings is 3. The first-order valence-corrected chi connectivity index (χ1v) is 59.7. The maximum absolute atomic E-state index is 14.6. The smallest absolute Gasteiger partial charge is 0.165 e. The highest BCUT2D eigenvalue weighted by molar-refractivity contribution is 6.77. The number of benzene rings is 6. The van der Waals surface area contributed by atoms with Crippen LogP contribution in [0.5, 0.6) is 17.2 Å². The van der Waals surface area contributed by atoms with Crippen LogP contribution in [-0.2, 0) is 104 Å². The van der Waals surface area contributed by atoms with Crippen LogP contribution >= 0.6 is 0 Å². The van der Waals surface area contributed by atoms with Crippen LogP contribution in [0.25, 0.3) is 101 Å². The summed E-state index contributed by atoms with van der Waals surface area (Å²) in [6.45, 7) is 42.3. The lowest BCUT2D eigenvalue weighted by atomic mass is 9.96. The summed E-state index contributed by atoms with van der Waals surface area (Å²) in [6, 6.07) is 32.8. The van der Waals surface area contributed by atoms with Crippen molar-refractivity contribution in [2.75, 3.05) is 26.4 Å². The lowest BCUT2D eigenvalue weighted by Crippen LogP contribution is -2.28. The van der Waals surface area contributed by atoms with Crippen molar-refractivity contribution in [3.05, 3.63) is 159 Å². The van der Waals surface area contributed by atoms with Crippen LogP contribution in [0.3, 0.4) is 0 Å². The first-order valence-electron chi connectivity index (χ1n) is 44.8. The van der Waals surface area contributed by atoms with Crippen molar-refractivity contribution in [2.24, 2.45) is 0 Å². The second-order valence-corrected chi connectivity index (χ2v) is 61.9. The molecule has 0 radical (unpaired) electrons. The number of phenols is 3. The minimum atomic E-state index is -1.26. The largest absolute Gasteiger partial charge is 0.505 e. The fourth-order valence-electron chi connectivity index (χ4n) is 17.9. The van der Waals surface area contributed by atoms with E-state index in [1.165, 1.54) is 105 Å². The van der Waals surface area contributed by atoms with Gasteiger partial charge < -0.3 is 48.4 Å². The Bertz CT molecular complexity index is 5750. The molecule has 0 spiro atoms. The summed E-state index contributed by atoms with van der Waals surface area (Å²) in [5.41, 5.74) is 19.8. The molecule has 17 rings (SSSR count). The number of halogens is 3. The predicted molar refractivity (Wildman–Crippen MR) is 496 cm³/mol. The summed E-state index contributed by atoms with van der Waals surface area (Å²) in [4.78, 5) is 23.9. The number of hydrogen-bond acceptors (Lipinski definition) is 15. The van der Waals surface area contributed by atoms with Crippen molar-refractivity contribution in [3.63, 3.8) is 0 Å². The Morgan fingerprint density at radius 2 is 0.829 bits per heavy atom. The van der Waals surface area contributed by atoms with E-state index in [9.17, 15) is 28.5 Å². The number of aromatic hydroxyl groups is 3. The Kier molecular flexibility index (Phi) is 27.1. The number of H-pyrrole nitrogens is 2. The van der Waals surface area contributed by atoms with Crippen molar-refractivity contribution in [3.8, 4) is 85.2 Å². The predicted octanol–water partition coefficient (Wildman–Crippen LogP) is 22.2. The quantitative estimate of drug-likeness (QED) is 0.0201. The summed E-state index contributed by atoms with van der Waals surface area (Å²) in [5, 5.41) is 50.7. The minimum Gasteiger partial charge on any atom is -0.505 e. The Hall–Kier alpha value is -8.82. The summed E-state index contributed by atoms with van der Waals surface area (Å²) < 4.78 is 76.6. The number of ether oxygens (including phenoxy) is 4. The molecule has 0 atom stereocenters. The summed E-state index contributed by atoms with van der Waals surface area (Å²) in [5.74, 6) is -0.346. The molecule has 12 aromatic rings. The van der Waals surface area contributed by atoms with Crippen molar-refractivity contribution in [1.29, 1.82) is 0 Å². The van der Waals surface area contributed by atoms with E-state index in [4.69, 9.17) is 44.1 Å². The SMILES string of the molecule is CCc1cc(O)c(F)cc1-c1ccc2c(-c3nc4c([nH]3)CN(C3CCCC3)C4)n[nH]c2c1.CCc1cc(O)c(F)cc1-c1ccc2c(-c3nc4c(n3COCC[Si](C)(C)C)CCC4)nn(COCC[Si](C)(C)C)c2c1.CCc1cc(O)c(F)cc1-c1ccc2c(-c3nc4c(n3COCC[Si](C)(C)C)CN(C3CCCC3)C4)nn(COCC[Si](C)(C)C)c2c1. The standard InChI is InChI=1S/C37H54FN5O3Si2.C33H47FN4O3Si2.C25H26FN5O/c1-8-26-20-35(44)31(38)21-30(26)27-13-14-29-33(19-27)43(25-46-16-18-48(5,6)7)40-36(29)37-39-32-22-41(28-11-9-10-12-28)23-34(32)42(37)24-45-15-17-47(2,3)4;1-8-23-19-31(39)27(34)20-26(23)24-12-13-25-30(18-24)38(22-41-15-17-43(5,6)7)36-32(25)33-35-28-10-9-11-29(28)37(33)21-40-14-16-42(2,3)4;1-2-14-10-23(32)19(26)11-18(14)15-7-8-17-20(9-15)29-30-24(17)25-27-21-12-31(13-22(21)28-25)16-5-3-4-6-16/h13-14,19-21,28,44H,8-12,15-18,22-25H2,1-7H3;12-13,18-20,39H,8-11,14-17,21-22H2,1-7H3;7-11,16,32H,2-6,12-13H2,1H3,(H,27,28)(H,29,30). The third-order valence-corrected chi connectivity index (χ3v) is 32.1. The van der Waals surface area contributed by atoms with Gasteiger partial charge in [-0.1, -0.05) is 143 Å². The van der Waals surface area contributed by atoms with E-state index in [1.54, 1.807) is 0 Å². The number of nitrogens with zero attached hydrogens (tertiary/aromatic N) is 12. The molecule has 6 aromatic heterocycles. The monoisotopic (exact) mass is 1740 g/mol. The number of aromatic nitrogens is 12. The first-order chi connectivity index (χ1) is 58.8. The fourth-order valence-corrected chi connectivity index (χ4v) is 20.9. The van der Waals surface area contributed by atoms with Crippen LogP contribution in [-0.4, -0.2) is 155 Å². The highest BCUT2D eigenvalue weighted by Gasteiger charge is 2.36. The number of fused-ring (bicyclic) bond motifs is 6. The third-order valence-electron chi connectivity index (χ3n) is 25.3. The van der Waals surface area contributed by atoms with Gasteiger partial charge in [0.1, 0.15) is 44.0 Å². The van der Waals surface area contributed by atoms with Crippen molar-refractivity contribution in [2.45, 2.75) is 279 Å². The third kappa shape index (κ3) is 20.5. The number of aromatic amines is 2. The van der Waals surface area contributed by atoms with Crippen LogP contribution in [0.15, 0.2) is 91.0 Å². The maximum Gasteiger partial charge on any atom is 0.165 e. The average molecular weight is 1750 g/mol. The lowest BCUT2D eigenvalue weighted by Gasteiger charge is -2.23. The van der Waals surface area contributed by atoms with Crippen molar-refractivity contribution < 1.29 is 47.4 Å². The van der Waals surface area contributed by atoms with Gasteiger partial charge in [-0.05, 0) is 211 Å². The molecule has 2 saturated carbocycles. The molecule has 8 heterocycles. The molecule has 5 aliphatic rings. The Morgan fingerprint density at radius 1 is 0.423 bits per heavy atom. The first kappa shape index (κ1) is 89.0. The van der Waals surface area contributed by atoms with Crippen LogP contribution < -0.4 is 0 Å². The fraction of sp³-hybridized carbons (Fsp3) is 0.495. The van der Waals surface area contributed by atoms with Gasteiger partial charge in [0, 0.05) is 119 Å². The zero-order valence-corrected chi connectivity index (χ0v) is 79.0. The molecule has 656 valence electrons. The van der Waals surface area contributed by atoms with Crippen molar-refractivity contribution in [1.82, 2.24) is 68.6 Å². The number of rotatable bonds is 31. The molecule has 3 aliphatic carbocycles. The summed E-state index contributed by atoms with van der Waals surface area (Å²) in [6.07, 6.45) is 15.6. The van der Waals surface area contributed by atoms with E-state index >= 15 is 0 Å². The van der Waals surface area contributed by atoms with Gasteiger partial charge in [0.25, 0.3) is 0 Å². The molecule has 2 aliphatic heterocycles. The minimum absolute atomic E-state index is 0.312. The zero-order chi connectivity index (χ0) is 87.0. The number of phenolic OH excluding ortho intramolecular Hbond substituents is 3. The number of aryl methyl sites for hydroxylation is 4. The summed E-state index contributed by atoms with van der Waals surface area (Å²) >= 11 is 0. The number of hydrogen-bond donors (Lipinski definition) is 5. The average Bonchev–Trinajstić information content (AvgIpc) is 1.60. The Morgan fingerprint density at radius 3 is 1.27 bits per heavy atom. The van der Waals surface area contributed by atoms with Crippen LogP contribution in [0.1, 0.15) is 129 Å². The van der Waals surface area contributed by atoms with E-state index in [2.05, 4.69) is 137 Å². The van der Waals surface area contributed by atoms with Gasteiger partial charge >= 0.3 is 0 Å². The molecule has 0 bridgehead atoms. The van der Waals surface area contributed by atoms with E-state index in [1.807, 2.05) is 60.5 Å². The Labute approximate surface area is 726 Å². The normalized spacial score (nSPS) is 15.5. The molecular formula is C95H127F3N14O7Si4. The van der Waals surface area contributed by atoms with Gasteiger partial charge in [-0.25, -0.2) is 37.5 Å². The second kappa shape index (κ2) is 37.4. The van der Waals surface area contributed by atoms with E-state index < -0.39 is 49.7 Å². The molecule has 2 fully saturated rings. The van der Waals surface area contributed by atoms with E-state index in [0.29, 0.717) is 71.5 Å². The van der Waals surface area contributed by atoms with Crippen molar-refractivity contribution >= 4 is 65.0 Å². The van der Waals surface area contributed by atoms with Gasteiger partial charge in [0.15, 0.2) is 52.2 Å². The van der Waals surface area contributed by atoms with Crippen LogP contribution in [0.4, 0.5) is 13.2 Å². The van der Waals surface area contributed by atoms with Gasteiger partial charge in [0.05, 0.1) is 45.0 Å². The molecule has 5 N–H and O–H groups in total. The van der Waals surface area contributed by atoms with E-state index in [0.717, 1.165) is 217 Å². The molecule has 6 aromatic carbocycles. The Balaban J connectivity index is 0.000000146. The van der Waals surface area contributed by atoms with Gasteiger partial charge in [0.2, 0.25) is 0 Å². The maximum atomic E-state index is 14.6. The molecule has 0 unspecified atom stereocenters. The highest BCUT2D eigenvalue weighted by atomic mass is 28.3. The molecule has 28 heteroatoms. The highest BCUT2D eigenvalue weighted by Crippen LogP contribution is 2.43. The second-order valence-electron chi connectivity index (χ2n) is 39.4. The van der Waals surface area contributed by atoms with Crippen LogP contribution in [0, 0.1) is 17.5 Å². The lowest BCUT2D eigenvalue weighted by molar-refractivity contribution is 0.0812. The topological polar surface area (TPSA) is 233 Å². The zero-order valence-electron chi connectivity index (χ0n) is 75.0. The van der Waals surface area contributed by atoms with Gasteiger partial charge in [-0.2, -0.15) is 15.3 Å². The summed E-state index contributed by atoms with van der Waals surface area (Å²) in [7, 11) is -4.94. The molecule has 123 heavy (non-hydrogen) atoms. The molecular weight excluding hydrogens is 1620 g/mol.